The Labute approximate surface area is 196 Å². The number of hydrazine groups is 1. The van der Waals surface area contributed by atoms with E-state index in [1.54, 1.807) is 6.08 Å². The maximum atomic E-state index is 12.5. The van der Waals surface area contributed by atoms with Crippen LogP contribution < -0.4 is 30.4 Å². The Morgan fingerprint density at radius 1 is 0.879 bits per heavy atom. The molecule has 3 aromatic rings. The molecule has 0 radical (unpaired) electrons. The van der Waals surface area contributed by atoms with Crippen molar-refractivity contribution >= 4 is 46.0 Å². The van der Waals surface area contributed by atoms with Gasteiger partial charge in [0.15, 0.2) is 16.6 Å². The normalized spacial score (nSPS) is 10.5. The van der Waals surface area contributed by atoms with Gasteiger partial charge in [0, 0.05) is 11.6 Å². The van der Waals surface area contributed by atoms with Crippen LogP contribution in [0.4, 0.5) is 0 Å². The Hall–Kier alpha value is -4.11. The molecule has 0 saturated heterocycles. The second-order valence-electron chi connectivity index (χ2n) is 6.71. The highest BCUT2D eigenvalue weighted by Gasteiger charge is 2.17. The van der Waals surface area contributed by atoms with Crippen LogP contribution in [0.15, 0.2) is 60.7 Å². The largest absolute Gasteiger partial charge is 0.493 e. The third-order valence-corrected chi connectivity index (χ3v) is 4.89. The van der Waals surface area contributed by atoms with Crippen molar-refractivity contribution in [1.82, 2.24) is 16.2 Å². The molecule has 8 nitrogen and oxygen atoms in total. The Balaban J connectivity index is 1.59. The van der Waals surface area contributed by atoms with E-state index in [0.29, 0.717) is 17.2 Å². The number of hydrogen-bond acceptors (Lipinski definition) is 6. The predicted molar refractivity (Wildman–Crippen MR) is 130 cm³/mol. The van der Waals surface area contributed by atoms with Crippen molar-refractivity contribution < 1.29 is 23.8 Å². The molecule has 0 aromatic heterocycles. The van der Waals surface area contributed by atoms with Crippen molar-refractivity contribution in [2.75, 3.05) is 21.3 Å². The lowest BCUT2D eigenvalue weighted by Gasteiger charge is -2.14. The molecule has 2 amide bonds. The van der Waals surface area contributed by atoms with Crippen molar-refractivity contribution in [1.29, 1.82) is 0 Å². The molecule has 0 aliphatic carbocycles. The van der Waals surface area contributed by atoms with E-state index in [9.17, 15) is 9.59 Å². The maximum Gasteiger partial charge on any atom is 0.269 e. The fourth-order valence-electron chi connectivity index (χ4n) is 3.14. The molecule has 0 heterocycles. The van der Waals surface area contributed by atoms with Crippen molar-refractivity contribution in [3.8, 4) is 17.2 Å². The molecule has 3 rings (SSSR count). The van der Waals surface area contributed by atoms with Gasteiger partial charge in [-0.15, -0.1) is 0 Å². The number of ether oxygens (including phenoxy) is 3. The van der Waals surface area contributed by atoms with Crippen LogP contribution in [0.5, 0.6) is 17.2 Å². The molecule has 0 saturated carbocycles. The highest BCUT2D eigenvalue weighted by atomic mass is 32.1. The van der Waals surface area contributed by atoms with E-state index in [2.05, 4.69) is 16.2 Å². The number of carbonyl (C=O) groups is 2. The van der Waals surface area contributed by atoms with E-state index >= 15 is 0 Å². The van der Waals surface area contributed by atoms with Crippen molar-refractivity contribution in [2.45, 2.75) is 0 Å². The lowest BCUT2D eigenvalue weighted by Crippen LogP contribution is -2.48. The second-order valence-corrected chi connectivity index (χ2v) is 7.12. The molecule has 0 fully saturated rings. The predicted octanol–water partition coefficient (Wildman–Crippen LogP) is 3.21. The minimum absolute atomic E-state index is 0.0663. The molecule has 3 N–H and O–H groups in total. The van der Waals surface area contributed by atoms with Gasteiger partial charge in [0.2, 0.25) is 11.7 Å². The lowest BCUT2D eigenvalue weighted by molar-refractivity contribution is -0.115. The second kappa shape index (κ2) is 11.0. The molecule has 0 bridgehead atoms. The van der Waals surface area contributed by atoms with E-state index in [1.807, 2.05) is 42.5 Å². The summed E-state index contributed by atoms with van der Waals surface area (Å²) in [6.45, 7) is 0. The number of rotatable bonds is 6. The molecular formula is C24H23N3O5S. The number of nitrogens with one attached hydrogen (secondary N) is 3. The molecule has 0 unspecified atom stereocenters. The average Bonchev–Trinajstić information content (AvgIpc) is 2.84. The van der Waals surface area contributed by atoms with E-state index in [1.165, 1.54) is 39.5 Å². The van der Waals surface area contributed by atoms with Crippen molar-refractivity contribution in [3.05, 3.63) is 71.8 Å². The van der Waals surface area contributed by atoms with E-state index < -0.39 is 11.8 Å². The van der Waals surface area contributed by atoms with Gasteiger partial charge in [0.25, 0.3) is 5.91 Å². The Morgan fingerprint density at radius 2 is 1.55 bits per heavy atom. The van der Waals surface area contributed by atoms with Crippen LogP contribution in [0.3, 0.4) is 0 Å². The topological polar surface area (TPSA) is 97.9 Å². The zero-order valence-corrected chi connectivity index (χ0v) is 19.1. The lowest BCUT2D eigenvalue weighted by atomic mass is 10.0. The van der Waals surface area contributed by atoms with Crippen molar-refractivity contribution in [2.24, 2.45) is 0 Å². The molecule has 0 aliphatic heterocycles. The molecule has 0 aliphatic rings. The summed E-state index contributed by atoms with van der Waals surface area (Å²) in [5, 5.41) is 4.52. The maximum absolute atomic E-state index is 12.5. The van der Waals surface area contributed by atoms with Gasteiger partial charge in [-0.3, -0.25) is 25.8 Å². The average molecular weight is 466 g/mol. The van der Waals surface area contributed by atoms with Crippen molar-refractivity contribution in [3.63, 3.8) is 0 Å². The summed E-state index contributed by atoms with van der Waals surface area (Å²) in [5.41, 5.74) is 6.06. The number of benzene rings is 3. The molecule has 0 spiro atoms. The van der Waals surface area contributed by atoms with Gasteiger partial charge >= 0.3 is 0 Å². The first kappa shape index (κ1) is 23.6. The minimum atomic E-state index is -0.517. The van der Waals surface area contributed by atoms with E-state index in [4.69, 9.17) is 26.4 Å². The molecule has 0 atom stereocenters. The van der Waals surface area contributed by atoms with Crippen LogP contribution in [0.25, 0.3) is 16.8 Å². The quantitative estimate of drug-likeness (QED) is 0.292. The monoisotopic (exact) mass is 465 g/mol. The van der Waals surface area contributed by atoms with E-state index in [0.717, 1.165) is 16.3 Å². The van der Waals surface area contributed by atoms with Crippen LogP contribution in [0, 0.1) is 0 Å². The summed E-state index contributed by atoms with van der Waals surface area (Å²) in [6, 6.07) is 16.7. The zero-order chi connectivity index (χ0) is 23.8. The molecular weight excluding hydrogens is 442 g/mol. The van der Waals surface area contributed by atoms with Crippen LogP contribution in [-0.4, -0.2) is 38.3 Å². The van der Waals surface area contributed by atoms with E-state index in [-0.39, 0.29) is 10.7 Å². The Kier molecular flexibility index (Phi) is 7.82. The summed E-state index contributed by atoms with van der Waals surface area (Å²) >= 11 is 5.08. The van der Waals surface area contributed by atoms with Gasteiger partial charge in [-0.25, -0.2) is 0 Å². The highest BCUT2D eigenvalue weighted by Crippen LogP contribution is 2.38. The van der Waals surface area contributed by atoms with Gasteiger partial charge in [-0.1, -0.05) is 42.5 Å². The van der Waals surface area contributed by atoms with Crippen LogP contribution in [-0.2, 0) is 4.79 Å². The summed E-state index contributed by atoms with van der Waals surface area (Å²) in [6.07, 6.45) is 3.07. The summed E-state index contributed by atoms with van der Waals surface area (Å²) in [4.78, 5) is 24.7. The van der Waals surface area contributed by atoms with Gasteiger partial charge in [-0.2, -0.15) is 0 Å². The fraction of sp³-hybridized carbons (Fsp3) is 0.125. The molecule has 170 valence electrons. The van der Waals surface area contributed by atoms with Crippen LogP contribution in [0.2, 0.25) is 0 Å². The number of thiocarbonyl (C=S) groups is 1. The Bertz CT molecular complexity index is 1200. The first-order valence-corrected chi connectivity index (χ1v) is 10.2. The van der Waals surface area contributed by atoms with Gasteiger partial charge in [0.1, 0.15) is 0 Å². The molecule has 33 heavy (non-hydrogen) atoms. The first-order valence-electron chi connectivity index (χ1n) is 9.84. The third kappa shape index (κ3) is 5.78. The molecule has 3 aromatic carbocycles. The Morgan fingerprint density at radius 3 is 2.21 bits per heavy atom. The first-order chi connectivity index (χ1) is 16.0. The number of fused-ring (bicyclic) bond motifs is 1. The summed E-state index contributed by atoms with van der Waals surface area (Å²) in [7, 11) is 4.37. The SMILES string of the molecule is COc1cc(C(=O)NNC(=S)NC(=O)C=Cc2cccc3ccccc23)cc(OC)c1OC. The van der Waals surface area contributed by atoms with Crippen LogP contribution in [0.1, 0.15) is 15.9 Å². The number of carbonyl (C=O) groups excluding carboxylic acids is 2. The van der Waals surface area contributed by atoms with Crippen LogP contribution >= 0.6 is 12.2 Å². The number of methoxy groups -OCH3 is 3. The fourth-order valence-corrected chi connectivity index (χ4v) is 3.30. The van der Waals surface area contributed by atoms with Gasteiger partial charge in [-0.05, 0) is 46.8 Å². The molecule has 9 heteroatoms. The third-order valence-electron chi connectivity index (χ3n) is 4.69. The summed E-state index contributed by atoms with van der Waals surface area (Å²) in [5.74, 6) is 0.0674. The smallest absolute Gasteiger partial charge is 0.269 e. The summed E-state index contributed by atoms with van der Waals surface area (Å²) < 4.78 is 15.7. The minimum Gasteiger partial charge on any atom is -0.493 e. The zero-order valence-electron chi connectivity index (χ0n) is 18.3. The number of amides is 2. The van der Waals surface area contributed by atoms with Gasteiger partial charge < -0.3 is 14.2 Å². The highest BCUT2D eigenvalue weighted by molar-refractivity contribution is 7.80. The van der Waals surface area contributed by atoms with Gasteiger partial charge in [0.05, 0.1) is 21.3 Å². The number of hydrogen-bond donors (Lipinski definition) is 3. The standard InChI is InChI=1S/C24H23N3O5S/c1-30-19-13-17(14-20(31-2)22(19)32-3)23(29)26-27-24(33)25-21(28)12-11-16-9-6-8-15-7-4-5-10-18(15)16/h4-14H,1-3H3,(H,26,29)(H2,25,27,28,33).